The van der Waals surface area contributed by atoms with Crippen molar-refractivity contribution in [3.8, 4) is 0 Å². The van der Waals surface area contributed by atoms with Crippen molar-refractivity contribution in [2.75, 3.05) is 13.2 Å². The molecule has 0 radical (unpaired) electrons. The van der Waals surface area contributed by atoms with Gasteiger partial charge in [-0.25, -0.2) is 0 Å². The quantitative estimate of drug-likeness (QED) is 0.659. The molecule has 1 saturated carbocycles. The number of hydrogen-bond donors (Lipinski definition) is 2. The normalized spacial score (nSPS) is 28.7. The van der Waals surface area contributed by atoms with E-state index < -0.39 is 12.0 Å². The smallest absolute Gasteiger partial charge is 0.321 e. The van der Waals surface area contributed by atoms with Gasteiger partial charge in [-0.2, -0.15) is 0 Å². The van der Waals surface area contributed by atoms with Crippen molar-refractivity contribution in [3.05, 3.63) is 0 Å². The zero-order chi connectivity index (χ0) is 9.47. The number of carboxylic acid groups (broad SMARTS) is 1. The second-order valence-corrected chi connectivity index (χ2v) is 4.17. The summed E-state index contributed by atoms with van der Waals surface area (Å²) >= 11 is 0. The van der Waals surface area contributed by atoms with E-state index in [1.807, 2.05) is 0 Å². The molecule has 1 atom stereocenters. The third-order valence-electron chi connectivity index (χ3n) is 3.55. The Morgan fingerprint density at radius 2 is 2.15 bits per heavy atom. The lowest BCUT2D eigenvalue weighted by atomic mass is 9.60. The van der Waals surface area contributed by atoms with Crippen LogP contribution in [-0.2, 0) is 9.53 Å². The molecule has 4 nitrogen and oxygen atoms in total. The van der Waals surface area contributed by atoms with E-state index in [9.17, 15) is 4.79 Å². The summed E-state index contributed by atoms with van der Waals surface area (Å²) in [5.74, 6) is -0.414. The largest absolute Gasteiger partial charge is 0.480 e. The molecule has 1 saturated heterocycles. The van der Waals surface area contributed by atoms with Crippen LogP contribution in [0.2, 0.25) is 0 Å². The maximum absolute atomic E-state index is 10.8. The molecule has 13 heavy (non-hydrogen) atoms. The number of rotatable bonds is 3. The molecule has 0 spiro atoms. The maximum Gasteiger partial charge on any atom is 0.321 e. The van der Waals surface area contributed by atoms with E-state index in [1.165, 1.54) is 6.42 Å². The first kappa shape index (κ1) is 8.97. The molecule has 4 heteroatoms. The first-order valence-electron chi connectivity index (χ1n) is 4.73. The molecule has 2 fully saturated rings. The Morgan fingerprint density at radius 1 is 1.54 bits per heavy atom. The van der Waals surface area contributed by atoms with Crippen LogP contribution in [0.1, 0.15) is 19.3 Å². The third-order valence-corrected chi connectivity index (χ3v) is 3.55. The van der Waals surface area contributed by atoms with Gasteiger partial charge in [-0.05, 0) is 18.8 Å². The van der Waals surface area contributed by atoms with Crippen molar-refractivity contribution in [1.82, 2.24) is 0 Å². The van der Waals surface area contributed by atoms with Gasteiger partial charge in [0, 0.05) is 5.41 Å². The summed E-state index contributed by atoms with van der Waals surface area (Å²) in [6.45, 7) is 1.07. The van der Waals surface area contributed by atoms with Crippen LogP contribution >= 0.6 is 0 Å². The Kier molecular flexibility index (Phi) is 2.04. The van der Waals surface area contributed by atoms with Gasteiger partial charge in [0.05, 0.1) is 13.2 Å². The highest BCUT2D eigenvalue weighted by molar-refractivity contribution is 5.74. The fraction of sp³-hybridized carbons (Fsp3) is 0.889. The number of hydrogen-bond acceptors (Lipinski definition) is 3. The van der Waals surface area contributed by atoms with Crippen LogP contribution in [0.3, 0.4) is 0 Å². The Balaban J connectivity index is 2.09. The van der Waals surface area contributed by atoms with Crippen LogP contribution in [0.4, 0.5) is 0 Å². The van der Waals surface area contributed by atoms with E-state index in [1.54, 1.807) is 0 Å². The fourth-order valence-corrected chi connectivity index (χ4v) is 2.24. The summed E-state index contributed by atoms with van der Waals surface area (Å²) in [5.41, 5.74) is 5.44. The molecule has 1 unspecified atom stereocenters. The standard InChI is InChI=1S/C9H15NO3/c10-7(8(11)12)9(4-13-5-9)6-2-1-3-6/h6-7H,1-5,10H2,(H,11,12). The van der Waals surface area contributed by atoms with Gasteiger partial charge in [-0.1, -0.05) is 6.42 Å². The lowest BCUT2D eigenvalue weighted by Crippen LogP contribution is -2.63. The number of carbonyl (C=O) groups is 1. The highest BCUT2D eigenvalue weighted by atomic mass is 16.5. The molecule has 1 heterocycles. The van der Waals surface area contributed by atoms with E-state index >= 15 is 0 Å². The van der Waals surface area contributed by atoms with E-state index in [-0.39, 0.29) is 5.41 Å². The van der Waals surface area contributed by atoms with Gasteiger partial charge in [0.2, 0.25) is 0 Å². The van der Waals surface area contributed by atoms with E-state index in [0.29, 0.717) is 19.1 Å². The molecule has 0 amide bonds. The van der Waals surface area contributed by atoms with Crippen LogP contribution in [0.5, 0.6) is 0 Å². The first-order valence-corrected chi connectivity index (χ1v) is 4.73. The molecule has 2 aliphatic rings. The predicted octanol–water partition coefficient (Wildman–Crippen LogP) is 0.215. The summed E-state index contributed by atoms with van der Waals surface area (Å²) in [6.07, 6.45) is 3.44. The second-order valence-electron chi connectivity index (χ2n) is 4.17. The van der Waals surface area contributed by atoms with Gasteiger partial charge in [0.1, 0.15) is 6.04 Å². The third kappa shape index (κ3) is 1.16. The Bertz CT molecular complexity index is 221. The van der Waals surface area contributed by atoms with Crippen LogP contribution in [0.25, 0.3) is 0 Å². The lowest BCUT2D eigenvalue weighted by molar-refractivity contribution is -0.187. The van der Waals surface area contributed by atoms with Crippen molar-refractivity contribution < 1.29 is 14.6 Å². The number of aliphatic carboxylic acids is 1. The van der Waals surface area contributed by atoms with Gasteiger partial charge in [0.15, 0.2) is 0 Å². The molecule has 3 N–H and O–H groups in total. The first-order chi connectivity index (χ1) is 6.17. The van der Waals surface area contributed by atoms with Crippen LogP contribution in [-0.4, -0.2) is 30.3 Å². The second kappa shape index (κ2) is 2.96. The number of carboxylic acids is 1. The van der Waals surface area contributed by atoms with Gasteiger partial charge in [-0.15, -0.1) is 0 Å². The molecule has 0 aromatic heterocycles. The molecule has 1 aliphatic carbocycles. The van der Waals surface area contributed by atoms with Crippen molar-refractivity contribution in [1.29, 1.82) is 0 Å². The molecule has 74 valence electrons. The SMILES string of the molecule is NC(C(=O)O)C1(C2CCC2)COC1. The Labute approximate surface area is 77.1 Å². The Morgan fingerprint density at radius 3 is 2.38 bits per heavy atom. The van der Waals surface area contributed by atoms with Crippen molar-refractivity contribution >= 4 is 5.97 Å². The minimum atomic E-state index is -0.893. The zero-order valence-corrected chi connectivity index (χ0v) is 7.53. The van der Waals surface area contributed by atoms with Crippen LogP contribution < -0.4 is 5.73 Å². The summed E-state index contributed by atoms with van der Waals surface area (Å²) in [4.78, 5) is 10.8. The minimum Gasteiger partial charge on any atom is -0.480 e. The van der Waals surface area contributed by atoms with Crippen LogP contribution in [0.15, 0.2) is 0 Å². The minimum absolute atomic E-state index is 0.246. The summed E-state index contributed by atoms with van der Waals surface area (Å²) in [5, 5.41) is 8.87. The molecule has 1 aliphatic heterocycles. The lowest BCUT2D eigenvalue weighted by Gasteiger charge is -2.52. The molecule has 0 aromatic carbocycles. The van der Waals surface area contributed by atoms with Gasteiger partial charge < -0.3 is 15.6 Å². The van der Waals surface area contributed by atoms with E-state index in [2.05, 4.69) is 0 Å². The summed E-state index contributed by atoms with van der Waals surface area (Å²) in [7, 11) is 0. The number of ether oxygens (including phenoxy) is 1. The topological polar surface area (TPSA) is 72.6 Å². The van der Waals surface area contributed by atoms with Gasteiger partial charge >= 0.3 is 5.97 Å². The zero-order valence-electron chi connectivity index (χ0n) is 7.53. The Hall–Kier alpha value is -0.610. The van der Waals surface area contributed by atoms with Crippen molar-refractivity contribution in [3.63, 3.8) is 0 Å². The fourth-order valence-electron chi connectivity index (χ4n) is 2.24. The molecular formula is C9H15NO3. The molecule has 0 aromatic rings. The number of nitrogens with two attached hydrogens (primary N) is 1. The molecule has 0 bridgehead atoms. The van der Waals surface area contributed by atoms with Gasteiger partial charge in [-0.3, -0.25) is 4.79 Å². The average Bonchev–Trinajstić information content (AvgIpc) is 1.90. The monoisotopic (exact) mass is 185 g/mol. The van der Waals surface area contributed by atoms with Gasteiger partial charge in [0.25, 0.3) is 0 Å². The van der Waals surface area contributed by atoms with Crippen molar-refractivity contribution in [2.24, 2.45) is 17.1 Å². The molecule has 2 rings (SSSR count). The molecular weight excluding hydrogens is 170 g/mol. The highest BCUT2D eigenvalue weighted by Crippen LogP contribution is 2.48. The predicted molar refractivity (Wildman–Crippen MR) is 46.2 cm³/mol. The summed E-state index contributed by atoms with van der Waals surface area (Å²) in [6, 6.07) is -0.744. The summed E-state index contributed by atoms with van der Waals surface area (Å²) < 4.78 is 5.12. The average molecular weight is 185 g/mol. The maximum atomic E-state index is 10.8. The highest BCUT2D eigenvalue weighted by Gasteiger charge is 2.54. The van der Waals surface area contributed by atoms with Crippen LogP contribution in [0, 0.1) is 11.3 Å². The van der Waals surface area contributed by atoms with E-state index in [4.69, 9.17) is 15.6 Å². The van der Waals surface area contributed by atoms with E-state index in [0.717, 1.165) is 12.8 Å². The van der Waals surface area contributed by atoms with Crippen molar-refractivity contribution in [2.45, 2.75) is 25.3 Å².